The SMILES string of the molecule is CCCCc1[nH]nc2c1CCN2. The van der Waals surface area contributed by atoms with Gasteiger partial charge in [-0.3, -0.25) is 5.10 Å². The van der Waals surface area contributed by atoms with E-state index < -0.39 is 0 Å². The highest BCUT2D eigenvalue weighted by molar-refractivity contribution is 5.51. The third-order valence-electron chi connectivity index (χ3n) is 2.40. The summed E-state index contributed by atoms with van der Waals surface area (Å²) in [5.41, 5.74) is 2.76. The van der Waals surface area contributed by atoms with Gasteiger partial charge in [0.15, 0.2) is 5.82 Å². The Labute approximate surface area is 72.6 Å². The second kappa shape index (κ2) is 3.17. The molecule has 0 spiro atoms. The van der Waals surface area contributed by atoms with Crippen LogP contribution in [0.3, 0.4) is 0 Å². The van der Waals surface area contributed by atoms with Crippen LogP contribution in [-0.4, -0.2) is 16.7 Å². The minimum atomic E-state index is 1.06. The molecule has 1 aromatic heterocycles. The molecule has 1 aliphatic rings. The fourth-order valence-electron chi connectivity index (χ4n) is 1.68. The summed E-state index contributed by atoms with van der Waals surface area (Å²) in [7, 11) is 0. The number of unbranched alkanes of at least 4 members (excludes halogenated alkanes) is 1. The molecule has 66 valence electrons. The smallest absolute Gasteiger partial charge is 0.151 e. The van der Waals surface area contributed by atoms with E-state index in [1.54, 1.807) is 0 Å². The Morgan fingerprint density at radius 1 is 1.50 bits per heavy atom. The van der Waals surface area contributed by atoms with Crippen molar-refractivity contribution in [3.63, 3.8) is 0 Å². The standard InChI is InChI=1S/C9H15N3/c1-2-3-4-8-7-5-6-10-9(7)12-11-8/h2-6H2,1H3,(H2,10,11,12). The summed E-state index contributed by atoms with van der Waals surface area (Å²) < 4.78 is 0. The molecule has 3 heteroatoms. The van der Waals surface area contributed by atoms with Crippen molar-refractivity contribution in [2.24, 2.45) is 0 Å². The molecule has 0 amide bonds. The van der Waals surface area contributed by atoms with Gasteiger partial charge in [0.2, 0.25) is 0 Å². The first-order valence-corrected chi connectivity index (χ1v) is 4.71. The number of aromatic amines is 1. The summed E-state index contributed by atoms with van der Waals surface area (Å²) >= 11 is 0. The van der Waals surface area contributed by atoms with Crippen molar-refractivity contribution in [3.05, 3.63) is 11.3 Å². The third kappa shape index (κ3) is 1.19. The lowest BCUT2D eigenvalue weighted by Gasteiger charge is -1.96. The molecule has 0 unspecified atom stereocenters. The van der Waals surface area contributed by atoms with E-state index in [1.165, 1.54) is 24.1 Å². The molecule has 12 heavy (non-hydrogen) atoms. The Morgan fingerprint density at radius 2 is 2.42 bits per heavy atom. The maximum absolute atomic E-state index is 4.21. The number of hydrogen-bond acceptors (Lipinski definition) is 2. The van der Waals surface area contributed by atoms with Crippen molar-refractivity contribution in [2.45, 2.75) is 32.6 Å². The van der Waals surface area contributed by atoms with Crippen molar-refractivity contribution in [1.29, 1.82) is 0 Å². The van der Waals surface area contributed by atoms with Gasteiger partial charge in [-0.2, -0.15) is 5.10 Å². The van der Waals surface area contributed by atoms with Crippen molar-refractivity contribution < 1.29 is 0 Å². The van der Waals surface area contributed by atoms with Crippen LogP contribution in [0.4, 0.5) is 5.82 Å². The first-order chi connectivity index (χ1) is 5.92. The Hall–Kier alpha value is -0.990. The lowest BCUT2D eigenvalue weighted by atomic mass is 10.1. The van der Waals surface area contributed by atoms with Gasteiger partial charge in [0.05, 0.1) is 0 Å². The van der Waals surface area contributed by atoms with E-state index in [-0.39, 0.29) is 0 Å². The number of fused-ring (bicyclic) bond motifs is 1. The van der Waals surface area contributed by atoms with Crippen LogP contribution in [0.5, 0.6) is 0 Å². The number of rotatable bonds is 3. The zero-order valence-corrected chi connectivity index (χ0v) is 7.48. The Kier molecular flexibility index (Phi) is 2.02. The van der Waals surface area contributed by atoms with Gasteiger partial charge in [-0.15, -0.1) is 0 Å². The fourth-order valence-corrected chi connectivity index (χ4v) is 1.68. The number of nitrogens with one attached hydrogen (secondary N) is 2. The lowest BCUT2D eigenvalue weighted by molar-refractivity contribution is 0.763. The van der Waals surface area contributed by atoms with Crippen LogP contribution in [0.25, 0.3) is 0 Å². The fraction of sp³-hybridized carbons (Fsp3) is 0.667. The molecule has 0 bridgehead atoms. The molecule has 1 aromatic rings. The monoisotopic (exact) mass is 165 g/mol. The van der Waals surface area contributed by atoms with Crippen molar-refractivity contribution >= 4 is 5.82 Å². The van der Waals surface area contributed by atoms with Crippen LogP contribution in [0.2, 0.25) is 0 Å². The average molecular weight is 165 g/mol. The molecule has 1 aliphatic heterocycles. The van der Waals surface area contributed by atoms with E-state index in [0.717, 1.165) is 25.2 Å². The van der Waals surface area contributed by atoms with Crippen LogP contribution in [0.15, 0.2) is 0 Å². The molecule has 0 fully saturated rings. The normalized spacial score (nSPS) is 14.4. The van der Waals surface area contributed by atoms with E-state index in [9.17, 15) is 0 Å². The quantitative estimate of drug-likeness (QED) is 0.716. The minimum Gasteiger partial charge on any atom is -0.368 e. The molecule has 0 radical (unpaired) electrons. The highest BCUT2D eigenvalue weighted by Crippen LogP contribution is 2.23. The number of aromatic nitrogens is 2. The van der Waals surface area contributed by atoms with Crippen LogP contribution >= 0.6 is 0 Å². The molecule has 0 atom stereocenters. The Bertz CT molecular complexity index is 265. The number of nitrogens with zero attached hydrogens (tertiary/aromatic N) is 1. The maximum atomic E-state index is 4.21. The second-order valence-corrected chi connectivity index (χ2v) is 3.31. The number of hydrogen-bond donors (Lipinski definition) is 2. The van der Waals surface area contributed by atoms with E-state index in [1.807, 2.05) is 0 Å². The molecule has 0 saturated heterocycles. The predicted octanol–water partition coefficient (Wildman–Crippen LogP) is 1.72. The molecule has 0 aliphatic carbocycles. The summed E-state index contributed by atoms with van der Waals surface area (Å²) in [4.78, 5) is 0. The minimum absolute atomic E-state index is 1.06. The van der Waals surface area contributed by atoms with Crippen molar-refractivity contribution in [2.75, 3.05) is 11.9 Å². The first kappa shape index (κ1) is 7.65. The van der Waals surface area contributed by atoms with E-state index >= 15 is 0 Å². The first-order valence-electron chi connectivity index (χ1n) is 4.71. The summed E-state index contributed by atoms with van der Waals surface area (Å²) in [5, 5.41) is 10.6. The molecule has 3 nitrogen and oxygen atoms in total. The maximum Gasteiger partial charge on any atom is 0.151 e. The molecule has 2 N–H and O–H groups in total. The number of anilines is 1. The topological polar surface area (TPSA) is 40.7 Å². The van der Waals surface area contributed by atoms with Gasteiger partial charge in [-0.05, 0) is 19.3 Å². The Morgan fingerprint density at radius 3 is 3.25 bits per heavy atom. The summed E-state index contributed by atoms with van der Waals surface area (Å²) in [6.07, 6.45) is 4.81. The zero-order valence-electron chi connectivity index (χ0n) is 7.48. The second-order valence-electron chi connectivity index (χ2n) is 3.31. The van der Waals surface area contributed by atoms with E-state index in [0.29, 0.717) is 0 Å². The van der Waals surface area contributed by atoms with Gasteiger partial charge >= 0.3 is 0 Å². The van der Waals surface area contributed by atoms with Crippen LogP contribution in [0, 0.1) is 0 Å². The molecule has 2 heterocycles. The highest BCUT2D eigenvalue weighted by Gasteiger charge is 2.16. The van der Waals surface area contributed by atoms with Crippen molar-refractivity contribution in [1.82, 2.24) is 10.2 Å². The van der Waals surface area contributed by atoms with Crippen LogP contribution in [-0.2, 0) is 12.8 Å². The molecular weight excluding hydrogens is 150 g/mol. The molecular formula is C9H15N3. The molecule has 0 aromatic carbocycles. The average Bonchev–Trinajstić information content (AvgIpc) is 2.62. The Balaban J connectivity index is 2.11. The van der Waals surface area contributed by atoms with Gasteiger partial charge in [-0.1, -0.05) is 13.3 Å². The summed E-state index contributed by atoms with van der Waals surface area (Å²) in [5.74, 6) is 1.08. The molecule has 2 rings (SSSR count). The van der Waals surface area contributed by atoms with Gasteiger partial charge in [0.1, 0.15) is 0 Å². The van der Waals surface area contributed by atoms with Gasteiger partial charge < -0.3 is 5.32 Å². The van der Waals surface area contributed by atoms with Crippen LogP contribution < -0.4 is 5.32 Å². The van der Waals surface area contributed by atoms with Gasteiger partial charge in [0, 0.05) is 17.8 Å². The predicted molar refractivity (Wildman–Crippen MR) is 49.4 cm³/mol. The van der Waals surface area contributed by atoms with Gasteiger partial charge in [0.25, 0.3) is 0 Å². The summed E-state index contributed by atoms with van der Waals surface area (Å²) in [6.45, 7) is 3.28. The van der Waals surface area contributed by atoms with E-state index in [4.69, 9.17) is 0 Å². The number of aryl methyl sites for hydroxylation is 1. The lowest BCUT2D eigenvalue weighted by Crippen LogP contribution is -1.96. The third-order valence-corrected chi connectivity index (χ3v) is 2.40. The largest absolute Gasteiger partial charge is 0.368 e. The highest BCUT2D eigenvalue weighted by atomic mass is 15.2. The van der Waals surface area contributed by atoms with Crippen molar-refractivity contribution in [3.8, 4) is 0 Å². The van der Waals surface area contributed by atoms with Gasteiger partial charge in [-0.25, -0.2) is 0 Å². The van der Waals surface area contributed by atoms with E-state index in [2.05, 4.69) is 22.4 Å². The summed E-state index contributed by atoms with van der Waals surface area (Å²) in [6, 6.07) is 0. The van der Waals surface area contributed by atoms with Crippen LogP contribution in [0.1, 0.15) is 31.0 Å². The number of H-pyrrole nitrogens is 1. The molecule has 0 saturated carbocycles. The zero-order chi connectivity index (χ0) is 8.39.